The predicted molar refractivity (Wildman–Crippen MR) is 190 cm³/mol. The van der Waals surface area contributed by atoms with E-state index in [2.05, 4.69) is 0 Å². The molecule has 2 aromatic heterocycles. The quantitative estimate of drug-likeness (QED) is 0.128. The zero-order chi connectivity index (χ0) is 38.0. The van der Waals surface area contributed by atoms with Gasteiger partial charge in [-0.1, -0.05) is 17.4 Å². The number of carbonyl (C=O) groups excluding carboxylic acids is 1. The van der Waals surface area contributed by atoms with Gasteiger partial charge in [0.1, 0.15) is 31.0 Å². The van der Waals surface area contributed by atoms with Crippen LogP contribution in [0.3, 0.4) is 0 Å². The van der Waals surface area contributed by atoms with Crippen LogP contribution < -0.4 is 23.7 Å². The first-order chi connectivity index (χ1) is 26.7. The molecule has 18 heteroatoms. The summed E-state index contributed by atoms with van der Waals surface area (Å²) >= 11 is 2.46. The molecule has 2 N–H and O–H groups in total. The van der Waals surface area contributed by atoms with E-state index in [1.807, 2.05) is 23.6 Å². The van der Waals surface area contributed by atoms with Gasteiger partial charge in [0.15, 0.2) is 35.6 Å². The summed E-state index contributed by atoms with van der Waals surface area (Å²) in [6.07, 6.45) is -7.38. The molecule has 0 saturated carbocycles. The lowest BCUT2D eigenvalue weighted by Gasteiger charge is -2.48. The summed E-state index contributed by atoms with van der Waals surface area (Å²) < 4.78 is 59.8. The molecule has 4 aliphatic heterocycles. The Labute approximate surface area is 321 Å². The third-order valence-corrected chi connectivity index (χ3v) is 12.4. The molecular formula is C37H35NO15S2. The third-order valence-electron chi connectivity index (χ3n) is 10.5. The lowest BCUT2D eigenvalue weighted by atomic mass is 9.66. The van der Waals surface area contributed by atoms with Crippen LogP contribution in [0.5, 0.6) is 28.7 Å². The van der Waals surface area contributed by atoms with Crippen molar-refractivity contribution in [2.75, 3.05) is 34.2 Å². The summed E-state index contributed by atoms with van der Waals surface area (Å²) in [6.45, 7) is 0.113. The maximum Gasteiger partial charge on any atom is 0.324 e. The van der Waals surface area contributed by atoms with Gasteiger partial charge in [-0.05, 0) is 58.5 Å². The molecule has 9 rings (SSSR count). The van der Waals surface area contributed by atoms with Crippen molar-refractivity contribution in [3.05, 3.63) is 90.5 Å². The second kappa shape index (κ2) is 14.5. The monoisotopic (exact) mass is 797 g/mol. The number of methoxy groups -OCH3 is 2. The minimum absolute atomic E-state index is 0.00340. The van der Waals surface area contributed by atoms with E-state index in [0.717, 1.165) is 16.2 Å². The fourth-order valence-corrected chi connectivity index (χ4v) is 9.44. The number of esters is 1. The van der Waals surface area contributed by atoms with Crippen molar-refractivity contribution < 1.29 is 67.3 Å². The molecule has 10 atom stereocenters. The van der Waals surface area contributed by atoms with Crippen LogP contribution in [0, 0.1) is 22.0 Å². The highest BCUT2D eigenvalue weighted by molar-refractivity contribution is 7.15. The van der Waals surface area contributed by atoms with Gasteiger partial charge in [0, 0.05) is 22.8 Å². The minimum atomic E-state index is -1.50. The number of hydrogen-bond donors (Lipinski definition) is 2. The Kier molecular flexibility index (Phi) is 9.54. The van der Waals surface area contributed by atoms with Crippen molar-refractivity contribution in [2.45, 2.75) is 55.6 Å². The van der Waals surface area contributed by atoms with Crippen molar-refractivity contribution >= 4 is 33.6 Å². The average Bonchev–Trinajstić information content (AvgIpc) is 4.03. The molecule has 1 aliphatic carbocycles. The second-order valence-corrected chi connectivity index (χ2v) is 15.7. The van der Waals surface area contributed by atoms with E-state index in [9.17, 15) is 25.1 Å². The highest BCUT2D eigenvalue weighted by Gasteiger charge is 2.56. The van der Waals surface area contributed by atoms with Crippen LogP contribution in [0.15, 0.2) is 53.9 Å². The Balaban J connectivity index is 1.05. The highest BCUT2D eigenvalue weighted by atomic mass is 32.1. The number of nitrogens with zero attached hydrogens (tertiary/aromatic N) is 1. The summed E-state index contributed by atoms with van der Waals surface area (Å²) in [6, 6.07) is 13.9. The van der Waals surface area contributed by atoms with Crippen LogP contribution in [-0.2, 0) is 35.1 Å². The molecular weight excluding hydrogens is 763 g/mol. The van der Waals surface area contributed by atoms with Crippen LogP contribution in [0.2, 0.25) is 0 Å². The first-order valence-electron chi connectivity index (χ1n) is 17.4. The standard InChI is InChI=1S/C37H35NO15S2/c1-44-23-8-16(9-24(45-2)33(23)46-12-17-5-6-27(55-17)38(42)43)28-18-10-21-22(50-15-49-21)11-19(18)32(20-13-47-35(41)29(20)28)52-37-31(40)30(39)34-25(51-37)14-48-36(53-34)26-4-3-7-54-26/h3-11,20,25,28-32,34,36-37,39-40H,12-15H2,1-2H3/t20-,25?,28+,29-,30?,31?,32+,34?,36?,37?/m0/s1. The van der Waals surface area contributed by atoms with Crippen molar-refractivity contribution in [3.63, 3.8) is 0 Å². The number of carbonyl (C=O) groups is 1. The molecule has 0 bridgehead atoms. The normalized spacial score (nSPS) is 30.5. The number of aliphatic hydroxyl groups excluding tert-OH is 2. The number of ether oxygens (including phenoxy) is 10. The van der Waals surface area contributed by atoms with Gasteiger partial charge in [-0.25, -0.2) is 0 Å². The van der Waals surface area contributed by atoms with Gasteiger partial charge in [0.05, 0.1) is 49.3 Å². The predicted octanol–water partition coefficient (Wildman–Crippen LogP) is 4.60. The zero-order valence-corrected chi connectivity index (χ0v) is 30.9. The van der Waals surface area contributed by atoms with Gasteiger partial charge in [-0.2, -0.15) is 0 Å². The fraction of sp³-hybridized carbons (Fsp3) is 0.432. The first-order valence-corrected chi connectivity index (χ1v) is 19.1. The summed E-state index contributed by atoms with van der Waals surface area (Å²) in [5.41, 5.74) is 1.96. The van der Waals surface area contributed by atoms with Crippen LogP contribution in [-0.4, -0.2) is 86.0 Å². The number of thiophene rings is 2. The summed E-state index contributed by atoms with van der Waals surface area (Å²) in [7, 11) is 2.95. The molecule has 6 heterocycles. The maximum absolute atomic E-state index is 13.8. The molecule has 3 saturated heterocycles. The topological polar surface area (TPSA) is 193 Å². The minimum Gasteiger partial charge on any atom is -0.493 e. The second-order valence-electron chi connectivity index (χ2n) is 13.5. The van der Waals surface area contributed by atoms with Gasteiger partial charge in [0.25, 0.3) is 0 Å². The molecule has 0 spiro atoms. The van der Waals surface area contributed by atoms with Gasteiger partial charge in [-0.3, -0.25) is 14.9 Å². The third kappa shape index (κ3) is 6.35. The fourth-order valence-electron chi connectivity index (χ4n) is 8.00. The molecule has 6 unspecified atom stereocenters. The lowest BCUT2D eigenvalue weighted by molar-refractivity contribution is -0.380. The van der Waals surface area contributed by atoms with Crippen molar-refractivity contribution in [1.82, 2.24) is 0 Å². The number of benzene rings is 2. The number of aliphatic hydroxyl groups is 2. The number of cyclic esters (lactones) is 1. The smallest absolute Gasteiger partial charge is 0.324 e. The Morgan fingerprint density at radius 1 is 0.945 bits per heavy atom. The summed E-state index contributed by atoms with van der Waals surface area (Å²) in [4.78, 5) is 26.0. The van der Waals surface area contributed by atoms with E-state index in [-0.39, 0.29) is 37.4 Å². The van der Waals surface area contributed by atoms with E-state index in [1.165, 1.54) is 31.6 Å². The van der Waals surface area contributed by atoms with Crippen molar-refractivity contribution in [2.24, 2.45) is 11.8 Å². The average molecular weight is 798 g/mol. The van der Waals surface area contributed by atoms with Crippen LogP contribution in [0.4, 0.5) is 5.00 Å². The van der Waals surface area contributed by atoms with Gasteiger partial charge < -0.3 is 57.6 Å². The van der Waals surface area contributed by atoms with Crippen molar-refractivity contribution in [1.29, 1.82) is 0 Å². The highest BCUT2D eigenvalue weighted by Crippen LogP contribution is 2.57. The Hall–Kier alpha value is -4.53. The number of rotatable bonds is 10. The van der Waals surface area contributed by atoms with E-state index in [0.29, 0.717) is 44.6 Å². The van der Waals surface area contributed by atoms with Crippen LogP contribution in [0.1, 0.15) is 44.8 Å². The summed E-state index contributed by atoms with van der Waals surface area (Å²) in [5.74, 6) is -0.588. The van der Waals surface area contributed by atoms with Crippen LogP contribution in [0.25, 0.3) is 0 Å². The first kappa shape index (κ1) is 36.1. The van der Waals surface area contributed by atoms with E-state index in [4.69, 9.17) is 47.4 Å². The summed E-state index contributed by atoms with van der Waals surface area (Å²) in [5, 5.41) is 35.8. The molecule has 55 heavy (non-hydrogen) atoms. The van der Waals surface area contributed by atoms with Crippen molar-refractivity contribution in [3.8, 4) is 28.7 Å². The van der Waals surface area contributed by atoms with E-state index < -0.39 is 71.7 Å². The SMILES string of the molecule is COc1cc([C@@H]2c3cc4c(cc3[C@@H](OC3OC5COC(c6cccs6)OC5C(O)C3O)[C@H]3COC(=O)[C@H]23)OCO4)cc(OC)c1OCc1ccc([N+](=O)[O-])s1. The molecule has 4 aromatic rings. The van der Waals surface area contributed by atoms with Gasteiger partial charge in [-0.15, -0.1) is 11.3 Å². The number of nitro groups is 1. The molecule has 2 aromatic carbocycles. The Bertz CT molecular complexity index is 2060. The zero-order valence-electron chi connectivity index (χ0n) is 29.3. The van der Waals surface area contributed by atoms with E-state index in [1.54, 1.807) is 24.3 Å². The van der Waals surface area contributed by atoms with Crippen LogP contribution >= 0.6 is 22.7 Å². The van der Waals surface area contributed by atoms with Gasteiger partial charge in [0.2, 0.25) is 12.5 Å². The maximum atomic E-state index is 13.8. The molecule has 0 radical (unpaired) electrons. The lowest BCUT2D eigenvalue weighted by Crippen LogP contribution is -2.62. The largest absolute Gasteiger partial charge is 0.493 e. The van der Waals surface area contributed by atoms with Gasteiger partial charge >= 0.3 is 11.0 Å². The molecule has 0 amide bonds. The molecule has 16 nitrogen and oxygen atoms in total. The number of fused-ring (bicyclic) bond motifs is 4. The Morgan fingerprint density at radius 3 is 2.40 bits per heavy atom. The van der Waals surface area contributed by atoms with E-state index >= 15 is 0 Å². The molecule has 5 aliphatic rings. The molecule has 290 valence electrons. The molecule has 3 fully saturated rings. The number of hydrogen-bond acceptors (Lipinski definition) is 17. The Morgan fingerprint density at radius 2 is 1.71 bits per heavy atom.